The van der Waals surface area contributed by atoms with Gasteiger partial charge in [-0.1, -0.05) is 23.7 Å². The van der Waals surface area contributed by atoms with Crippen LogP contribution in [0, 0.1) is 10.1 Å². The van der Waals surface area contributed by atoms with Crippen molar-refractivity contribution in [3.63, 3.8) is 0 Å². The molecule has 2 atom stereocenters. The maximum absolute atomic E-state index is 12.9. The molecule has 1 saturated heterocycles. The molecular formula is C20H29N7O7. The molecule has 0 bridgehead atoms. The second-order valence-corrected chi connectivity index (χ2v) is 7.61. The second kappa shape index (κ2) is 12.9. The highest BCUT2D eigenvalue weighted by Crippen LogP contribution is 2.18. The van der Waals surface area contributed by atoms with Gasteiger partial charge in [0.25, 0.3) is 5.96 Å². The largest absolute Gasteiger partial charge is 0.467 e. The average molecular weight is 479 g/mol. The maximum Gasteiger partial charge on any atom is 0.328 e. The molecule has 14 heteroatoms. The molecule has 1 heterocycles. The standard InChI is InChI=1S/C20H29N7O7/c1-34-19(31)14(8-4-10-22-20(21)25-27(32)33)24-18(30)15-9-5-11-26(15)16(28)12-23-17(29)13-6-2-3-7-13/h2-3,6,14-15H,4-5,7-12H2,1H3,(H,23,29)(H,24,30)(H3,21,22,25)/t14-,15-/m0/s1. The highest BCUT2D eigenvalue weighted by molar-refractivity contribution is 5.97. The molecule has 1 aliphatic heterocycles. The van der Waals surface area contributed by atoms with Crippen LogP contribution in [-0.2, 0) is 23.9 Å². The zero-order chi connectivity index (χ0) is 25.1. The molecule has 0 aromatic heterocycles. The van der Waals surface area contributed by atoms with Crippen molar-refractivity contribution in [1.29, 1.82) is 0 Å². The van der Waals surface area contributed by atoms with Crippen molar-refractivity contribution in [2.75, 3.05) is 26.7 Å². The third-order valence-electron chi connectivity index (χ3n) is 5.28. The molecular weight excluding hydrogens is 450 g/mol. The first-order valence-corrected chi connectivity index (χ1v) is 10.8. The highest BCUT2D eigenvalue weighted by Gasteiger charge is 2.36. The molecule has 0 saturated carbocycles. The van der Waals surface area contributed by atoms with Crippen molar-refractivity contribution in [3.8, 4) is 0 Å². The van der Waals surface area contributed by atoms with Gasteiger partial charge in [-0.2, -0.15) is 0 Å². The molecule has 0 aromatic carbocycles. The van der Waals surface area contributed by atoms with Gasteiger partial charge in [0.1, 0.15) is 12.1 Å². The molecule has 5 N–H and O–H groups in total. The van der Waals surface area contributed by atoms with Crippen LogP contribution < -0.4 is 21.8 Å². The van der Waals surface area contributed by atoms with E-state index in [2.05, 4.69) is 15.6 Å². The fraction of sp³-hybridized carbons (Fsp3) is 0.550. The molecule has 1 aliphatic carbocycles. The summed E-state index contributed by atoms with van der Waals surface area (Å²) >= 11 is 0. The van der Waals surface area contributed by atoms with Crippen LogP contribution in [0.2, 0.25) is 0 Å². The minimum atomic E-state index is -0.989. The summed E-state index contributed by atoms with van der Waals surface area (Å²) in [6, 6.07) is -1.77. The van der Waals surface area contributed by atoms with Gasteiger partial charge in [0, 0.05) is 18.7 Å². The van der Waals surface area contributed by atoms with E-state index in [9.17, 15) is 29.3 Å². The van der Waals surface area contributed by atoms with Crippen molar-refractivity contribution in [1.82, 2.24) is 21.0 Å². The van der Waals surface area contributed by atoms with Gasteiger partial charge in [-0.15, -0.1) is 0 Å². The first-order valence-electron chi connectivity index (χ1n) is 10.8. The van der Waals surface area contributed by atoms with E-state index < -0.39 is 34.9 Å². The Morgan fingerprint density at radius 1 is 1.38 bits per heavy atom. The molecule has 2 aliphatic rings. The molecule has 1 fully saturated rings. The lowest BCUT2D eigenvalue weighted by Gasteiger charge is -2.26. The van der Waals surface area contributed by atoms with E-state index in [1.54, 1.807) is 17.6 Å². The summed E-state index contributed by atoms with van der Waals surface area (Å²) in [5, 5.41) is 14.6. The molecule has 0 unspecified atom stereocenters. The first-order chi connectivity index (χ1) is 16.2. The Balaban J connectivity index is 1.88. The summed E-state index contributed by atoms with van der Waals surface area (Å²) in [7, 11) is 1.18. The van der Waals surface area contributed by atoms with Crippen molar-refractivity contribution >= 4 is 29.7 Å². The van der Waals surface area contributed by atoms with Gasteiger partial charge in [0.2, 0.25) is 17.7 Å². The number of aliphatic imine (C=N–C) groups is 1. The van der Waals surface area contributed by atoms with Gasteiger partial charge in [-0.25, -0.2) is 19.9 Å². The van der Waals surface area contributed by atoms with Crippen LogP contribution in [0.15, 0.2) is 28.8 Å². The van der Waals surface area contributed by atoms with E-state index >= 15 is 0 Å². The van der Waals surface area contributed by atoms with Gasteiger partial charge < -0.3 is 26.0 Å². The van der Waals surface area contributed by atoms with Crippen LogP contribution in [0.1, 0.15) is 32.1 Å². The monoisotopic (exact) mass is 479 g/mol. The molecule has 34 heavy (non-hydrogen) atoms. The van der Waals surface area contributed by atoms with E-state index in [0.29, 0.717) is 31.4 Å². The van der Waals surface area contributed by atoms with Crippen LogP contribution in [-0.4, -0.2) is 78.4 Å². The van der Waals surface area contributed by atoms with Gasteiger partial charge >= 0.3 is 5.97 Å². The Morgan fingerprint density at radius 3 is 2.79 bits per heavy atom. The number of carbonyl (C=O) groups excluding carboxylic acids is 4. The lowest BCUT2D eigenvalue weighted by Crippen LogP contribution is -2.52. The summed E-state index contributed by atoms with van der Waals surface area (Å²) in [6.45, 7) is 0.199. The van der Waals surface area contributed by atoms with Gasteiger partial charge in [0.15, 0.2) is 5.03 Å². The minimum Gasteiger partial charge on any atom is -0.467 e. The van der Waals surface area contributed by atoms with E-state index in [4.69, 9.17) is 10.5 Å². The zero-order valence-corrected chi connectivity index (χ0v) is 18.8. The third kappa shape index (κ3) is 7.86. The number of allylic oxidation sites excluding steroid dienone is 3. The molecule has 0 radical (unpaired) electrons. The Morgan fingerprint density at radius 2 is 2.15 bits per heavy atom. The van der Waals surface area contributed by atoms with E-state index in [1.807, 2.05) is 6.08 Å². The van der Waals surface area contributed by atoms with Crippen LogP contribution in [0.3, 0.4) is 0 Å². The van der Waals surface area contributed by atoms with E-state index in [-0.39, 0.29) is 37.8 Å². The number of rotatable bonds is 11. The zero-order valence-electron chi connectivity index (χ0n) is 18.8. The lowest BCUT2D eigenvalue weighted by atomic mass is 10.1. The number of nitrogens with one attached hydrogen (secondary N) is 3. The number of nitro groups is 1. The third-order valence-corrected chi connectivity index (χ3v) is 5.28. The van der Waals surface area contributed by atoms with Crippen LogP contribution >= 0.6 is 0 Å². The number of ether oxygens (including phenoxy) is 1. The average Bonchev–Trinajstić information content (AvgIpc) is 3.50. The molecule has 0 aromatic rings. The number of hydrogen-bond acceptors (Lipinski definition) is 8. The fourth-order valence-corrected chi connectivity index (χ4v) is 3.61. The number of hydrazine groups is 1. The predicted molar refractivity (Wildman–Crippen MR) is 119 cm³/mol. The number of amides is 3. The maximum atomic E-state index is 12.9. The topological polar surface area (TPSA) is 198 Å². The van der Waals surface area contributed by atoms with Gasteiger partial charge in [-0.3, -0.25) is 14.4 Å². The molecule has 0 spiro atoms. The van der Waals surface area contributed by atoms with Crippen LogP contribution in [0.4, 0.5) is 0 Å². The van der Waals surface area contributed by atoms with Crippen molar-refractivity contribution in [2.45, 2.75) is 44.2 Å². The molecule has 3 amide bonds. The van der Waals surface area contributed by atoms with E-state index in [1.165, 1.54) is 12.0 Å². The van der Waals surface area contributed by atoms with Gasteiger partial charge in [0.05, 0.1) is 13.7 Å². The Bertz CT molecular complexity index is 900. The lowest BCUT2D eigenvalue weighted by molar-refractivity contribution is -0.525. The SMILES string of the molecule is COC(=O)[C@H](CCCN=C(N)N[N+](=O)[O-])NC(=O)[C@@H]1CCCN1C(=O)CNC(=O)C1=CC=CC1. The quantitative estimate of drug-likeness (QED) is 0.0681. The van der Waals surface area contributed by atoms with Gasteiger partial charge in [-0.05, 0) is 32.1 Å². The Labute approximate surface area is 195 Å². The summed E-state index contributed by atoms with van der Waals surface area (Å²) in [5.74, 6) is -2.28. The number of hydrogen-bond donors (Lipinski definition) is 4. The normalized spacial score (nSPS) is 18.1. The van der Waals surface area contributed by atoms with E-state index in [0.717, 1.165) is 0 Å². The number of guanidine groups is 1. The Kier molecular flexibility index (Phi) is 9.98. The smallest absolute Gasteiger partial charge is 0.328 e. The summed E-state index contributed by atoms with van der Waals surface area (Å²) in [4.78, 5) is 65.1. The number of likely N-dealkylation sites (tertiary alicyclic amines) is 1. The number of nitrogens with zero attached hydrogens (tertiary/aromatic N) is 3. The van der Waals surface area contributed by atoms with Crippen LogP contribution in [0.25, 0.3) is 0 Å². The first kappa shape index (κ1) is 26.3. The summed E-state index contributed by atoms with van der Waals surface area (Å²) in [5.41, 5.74) is 7.59. The van der Waals surface area contributed by atoms with Crippen molar-refractivity contribution < 1.29 is 28.9 Å². The minimum absolute atomic E-state index is 0.0791. The summed E-state index contributed by atoms with van der Waals surface area (Å²) in [6.07, 6.45) is 7.23. The van der Waals surface area contributed by atoms with Crippen molar-refractivity contribution in [3.05, 3.63) is 33.9 Å². The van der Waals surface area contributed by atoms with Crippen molar-refractivity contribution in [2.24, 2.45) is 10.7 Å². The second-order valence-electron chi connectivity index (χ2n) is 7.61. The number of esters is 1. The van der Waals surface area contributed by atoms with Crippen LogP contribution in [0.5, 0.6) is 0 Å². The Hall–Kier alpha value is -3.97. The summed E-state index contributed by atoms with van der Waals surface area (Å²) < 4.78 is 4.74. The fourth-order valence-electron chi connectivity index (χ4n) is 3.61. The number of nitrogens with two attached hydrogens (primary N) is 1. The predicted octanol–water partition coefficient (Wildman–Crippen LogP) is -1.49. The number of carbonyl (C=O) groups is 4. The molecule has 2 rings (SSSR count). The number of methoxy groups -OCH3 is 1. The molecule has 186 valence electrons. The molecule has 14 nitrogen and oxygen atoms in total. The highest BCUT2D eigenvalue weighted by atomic mass is 16.7.